The number of aryl methyl sites for hydroxylation is 1. The van der Waals surface area contributed by atoms with E-state index in [1.165, 1.54) is 19.2 Å². The zero-order valence-corrected chi connectivity index (χ0v) is 16.5. The normalized spacial score (nSPS) is 19.5. The van der Waals surface area contributed by atoms with Crippen molar-refractivity contribution >= 4 is 21.9 Å². The second-order valence-corrected chi connectivity index (χ2v) is 8.58. The number of carboxylic acid groups (broad SMARTS) is 1. The molecule has 0 radical (unpaired) electrons. The van der Waals surface area contributed by atoms with Gasteiger partial charge >= 0.3 is 5.97 Å². The van der Waals surface area contributed by atoms with Crippen LogP contribution in [-0.2, 0) is 26.0 Å². The molecule has 1 saturated carbocycles. The number of hydrogen-bond donors (Lipinski definition) is 3. The lowest BCUT2D eigenvalue weighted by Crippen LogP contribution is -2.54. The summed E-state index contributed by atoms with van der Waals surface area (Å²) in [5, 5.41) is 11.9. The molecule has 2 rings (SSSR count). The van der Waals surface area contributed by atoms with Gasteiger partial charge in [-0.3, -0.25) is 14.5 Å². The minimum atomic E-state index is -3.45. The summed E-state index contributed by atoms with van der Waals surface area (Å²) in [5.74, 6) is -0.885. The molecule has 1 aromatic rings. The Bertz CT molecular complexity index is 758. The van der Waals surface area contributed by atoms with E-state index >= 15 is 0 Å². The molecular formula is C18H27N3O5S. The fourth-order valence-electron chi connectivity index (χ4n) is 3.19. The summed E-state index contributed by atoms with van der Waals surface area (Å²) in [7, 11) is -2.09. The highest BCUT2D eigenvalue weighted by Crippen LogP contribution is 2.25. The molecule has 3 N–H and O–H groups in total. The van der Waals surface area contributed by atoms with Crippen LogP contribution in [-0.4, -0.2) is 62.5 Å². The van der Waals surface area contributed by atoms with E-state index in [2.05, 4.69) is 10.0 Å². The predicted octanol–water partition coefficient (Wildman–Crippen LogP) is 0.581. The van der Waals surface area contributed by atoms with Crippen molar-refractivity contribution in [2.45, 2.75) is 49.6 Å². The molecule has 9 heteroatoms. The number of amides is 1. The molecule has 150 valence electrons. The average Bonchev–Trinajstić information content (AvgIpc) is 2.61. The number of carbonyl (C=O) groups is 2. The molecule has 1 fully saturated rings. The van der Waals surface area contributed by atoms with Gasteiger partial charge in [0, 0.05) is 18.5 Å². The smallest absolute Gasteiger partial charge is 0.317 e. The molecule has 1 aromatic carbocycles. The molecule has 0 aromatic heterocycles. The van der Waals surface area contributed by atoms with Gasteiger partial charge in [0.1, 0.15) is 0 Å². The van der Waals surface area contributed by atoms with Crippen LogP contribution in [0, 0.1) is 0 Å². The number of sulfonamides is 1. The molecule has 0 aliphatic heterocycles. The molecular weight excluding hydrogens is 370 g/mol. The summed E-state index contributed by atoms with van der Waals surface area (Å²) in [6.45, 7) is 2.64. The number of nitrogens with one attached hydrogen (secondary N) is 2. The van der Waals surface area contributed by atoms with Crippen molar-refractivity contribution in [3.8, 4) is 0 Å². The highest BCUT2D eigenvalue weighted by Gasteiger charge is 2.34. The first-order valence-electron chi connectivity index (χ1n) is 9.02. The third kappa shape index (κ3) is 6.02. The standard InChI is InChI=1S/C18H27N3O5S/c1-3-21(12-18(23)24)15-10-14(11-15)20-17(22)9-6-13-4-7-16(8-5-13)27(25,26)19-2/h4-5,7-8,14-15,19H,3,6,9-12H2,1-2H3,(H,20,22)(H,23,24). The molecule has 0 unspecified atom stereocenters. The lowest BCUT2D eigenvalue weighted by molar-refractivity contribution is -0.139. The van der Waals surface area contributed by atoms with E-state index in [-0.39, 0.29) is 29.4 Å². The Balaban J connectivity index is 1.74. The number of benzene rings is 1. The lowest BCUT2D eigenvalue weighted by atomic mass is 9.85. The van der Waals surface area contributed by atoms with Gasteiger partial charge in [0.2, 0.25) is 15.9 Å². The van der Waals surface area contributed by atoms with Crippen molar-refractivity contribution in [3.63, 3.8) is 0 Å². The van der Waals surface area contributed by atoms with E-state index in [0.717, 1.165) is 18.4 Å². The van der Waals surface area contributed by atoms with Crippen molar-refractivity contribution in [1.82, 2.24) is 14.9 Å². The first-order valence-corrected chi connectivity index (χ1v) is 10.5. The van der Waals surface area contributed by atoms with Gasteiger partial charge in [0.25, 0.3) is 0 Å². The van der Waals surface area contributed by atoms with E-state index in [0.29, 0.717) is 19.4 Å². The van der Waals surface area contributed by atoms with Crippen LogP contribution >= 0.6 is 0 Å². The highest BCUT2D eigenvalue weighted by atomic mass is 32.2. The summed E-state index contributed by atoms with van der Waals surface area (Å²) in [6, 6.07) is 6.77. The molecule has 1 aliphatic rings. The SMILES string of the molecule is CCN(CC(=O)O)C1CC(NC(=O)CCc2ccc(S(=O)(=O)NC)cc2)C1. The number of rotatable bonds is 10. The van der Waals surface area contributed by atoms with Crippen molar-refractivity contribution in [2.75, 3.05) is 20.1 Å². The summed E-state index contributed by atoms with van der Waals surface area (Å²) < 4.78 is 25.6. The number of hydrogen-bond acceptors (Lipinski definition) is 5. The lowest BCUT2D eigenvalue weighted by Gasteiger charge is -2.42. The van der Waals surface area contributed by atoms with E-state index in [1.807, 2.05) is 11.8 Å². The van der Waals surface area contributed by atoms with E-state index in [9.17, 15) is 18.0 Å². The Morgan fingerprint density at radius 2 is 1.85 bits per heavy atom. The second kappa shape index (κ2) is 9.29. The van der Waals surface area contributed by atoms with Gasteiger partial charge in [-0.25, -0.2) is 13.1 Å². The van der Waals surface area contributed by atoms with Crippen LogP contribution in [0.3, 0.4) is 0 Å². The zero-order valence-electron chi connectivity index (χ0n) is 15.6. The van der Waals surface area contributed by atoms with Crippen LogP contribution in [0.15, 0.2) is 29.2 Å². The van der Waals surface area contributed by atoms with Gasteiger partial charge < -0.3 is 10.4 Å². The van der Waals surface area contributed by atoms with Gasteiger partial charge in [0.15, 0.2) is 0 Å². The number of nitrogens with zero attached hydrogens (tertiary/aromatic N) is 1. The second-order valence-electron chi connectivity index (χ2n) is 6.70. The topological polar surface area (TPSA) is 116 Å². The van der Waals surface area contributed by atoms with Crippen LogP contribution < -0.4 is 10.0 Å². The van der Waals surface area contributed by atoms with Crippen LogP contribution in [0.4, 0.5) is 0 Å². The fraction of sp³-hybridized carbons (Fsp3) is 0.556. The van der Waals surface area contributed by atoms with Gasteiger partial charge in [-0.15, -0.1) is 0 Å². The Morgan fingerprint density at radius 1 is 1.22 bits per heavy atom. The highest BCUT2D eigenvalue weighted by molar-refractivity contribution is 7.89. The van der Waals surface area contributed by atoms with Gasteiger partial charge in [0.05, 0.1) is 11.4 Å². The number of aliphatic carboxylic acids is 1. The molecule has 0 bridgehead atoms. The third-order valence-corrected chi connectivity index (χ3v) is 6.31. The van der Waals surface area contributed by atoms with Crippen LogP contribution in [0.25, 0.3) is 0 Å². The van der Waals surface area contributed by atoms with Crippen molar-refractivity contribution < 1.29 is 23.1 Å². The molecule has 0 heterocycles. The first kappa shape index (κ1) is 21.3. The van der Waals surface area contributed by atoms with Crippen LogP contribution in [0.2, 0.25) is 0 Å². The molecule has 0 spiro atoms. The Morgan fingerprint density at radius 3 is 2.37 bits per heavy atom. The minimum Gasteiger partial charge on any atom is -0.480 e. The summed E-state index contributed by atoms with van der Waals surface area (Å²) >= 11 is 0. The Hall–Kier alpha value is -1.97. The maximum atomic E-state index is 12.1. The summed E-state index contributed by atoms with van der Waals surface area (Å²) in [6.07, 6.45) is 2.39. The number of carbonyl (C=O) groups excluding carboxylic acids is 1. The third-order valence-electron chi connectivity index (χ3n) is 4.88. The number of likely N-dealkylation sites (N-methyl/N-ethyl adjacent to an activating group) is 1. The van der Waals surface area contributed by atoms with E-state index in [1.54, 1.807) is 12.1 Å². The quantitative estimate of drug-likeness (QED) is 0.532. The Kier molecular flexibility index (Phi) is 7.34. The van der Waals surface area contributed by atoms with Crippen molar-refractivity contribution in [1.29, 1.82) is 0 Å². The molecule has 0 atom stereocenters. The Labute approximate surface area is 160 Å². The monoisotopic (exact) mass is 397 g/mol. The fourth-order valence-corrected chi connectivity index (χ4v) is 3.92. The van der Waals surface area contributed by atoms with Crippen LogP contribution in [0.5, 0.6) is 0 Å². The summed E-state index contributed by atoms with van der Waals surface area (Å²) in [5.41, 5.74) is 0.894. The minimum absolute atomic E-state index is 0.0289. The van der Waals surface area contributed by atoms with Gasteiger partial charge in [-0.1, -0.05) is 19.1 Å². The van der Waals surface area contributed by atoms with Gasteiger partial charge in [-0.05, 0) is 50.6 Å². The zero-order chi connectivity index (χ0) is 20.0. The van der Waals surface area contributed by atoms with Crippen molar-refractivity contribution in [2.24, 2.45) is 0 Å². The summed E-state index contributed by atoms with van der Waals surface area (Å²) in [4.78, 5) is 25.0. The largest absolute Gasteiger partial charge is 0.480 e. The van der Waals surface area contributed by atoms with E-state index < -0.39 is 16.0 Å². The van der Waals surface area contributed by atoms with Crippen LogP contribution in [0.1, 0.15) is 31.7 Å². The molecule has 1 aliphatic carbocycles. The maximum Gasteiger partial charge on any atom is 0.317 e. The number of carboxylic acids is 1. The molecule has 0 saturated heterocycles. The van der Waals surface area contributed by atoms with E-state index in [4.69, 9.17) is 5.11 Å². The maximum absolute atomic E-state index is 12.1. The molecule has 8 nitrogen and oxygen atoms in total. The first-order chi connectivity index (χ1) is 12.7. The molecule has 1 amide bonds. The molecule has 27 heavy (non-hydrogen) atoms. The van der Waals surface area contributed by atoms with Gasteiger partial charge in [-0.2, -0.15) is 0 Å². The van der Waals surface area contributed by atoms with Crippen molar-refractivity contribution in [3.05, 3.63) is 29.8 Å². The predicted molar refractivity (Wildman–Crippen MR) is 101 cm³/mol. The average molecular weight is 397 g/mol.